The predicted molar refractivity (Wildman–Crippen MR) is 114 cm³/mol. The van der Waals surface area contributed by atoms with E-state index >= 15 is 0 Å². The quantitative estimate of drug-likeness (QED) is 0.429. The van der Waals surface area contributed by atoms with Gasteiger partial charge in [-0.3, -0.25) is 14.2 Å². The van der Waals surface area contributed by atoms with Crippen molar-refractivity contribution in [1.29, 1.82) is 0 Å². The van der Waals surface area contributed by atoms with Gasteiger partial charge < -0.3 is 10.3 Å². The molecule has 9 heteroatoms. The number of aromatic nitrogens is 3. The number of thioether (sulfide) groups is 1. The Balaban J connectivity index is 1.75. The highest BCUT2D eigenvalue weighted by Gasteiger charge is 2.18. The van der Waals surface area contributed by atoms with Crippen molar-refractivity contribution in [3.05, 3.63) is 56.7 Å². The topological polar surface area (TPSA) is 79.8 Å². The van der Waals surface area contributed by atoms with Crippen LogP contribution < -0.4 is 10.9 Å². The molecule has 154 valence electrons. The Kier molecular flexibility index (Phi) is 6.64. The minimum atomic E-state index is -0.426. The van der Waals surface area contributed by atoms with Crippen LogP contribution in [0, 0.1) is 12.7 Å². The fraction of sp³-hybridized carbons (Fsp3) is 0.350. The zero-order valence-corrected chi connectivity index (χ0v) is 18.0. The van der Waals surface area contributed by atoms with Crippen LogP contribution in [0.1, 0.15) is 37.6 Å². The second-order valence-electron chi connectivity index (χ2n) is 6.84. The Morgan fingerprint density at radius 3 is 2.86 bits per heavy atom. The van der Waals surface area contributed by atoms with Crippen molar-refractivity contribution in [3.63, 3.8) is 0 Å². The fourth-order valence-corrected chi connectivity index (χ4v) is 4.06. The second kappa shape index (κ2) is 9.00. The van der Waals surface area contributed by atoms with E-state index in [-0.39, 0.29) is 34.8 Å². The lowest BCUT2D eigenvalue weighted by atomic mass is 10.2. The molecular formula is C20H22ClFN4O2S. The molecule has 0 saturated heterocycles. The van der Waals surface area contributed by atoms with Crippen molar-refractivity contribution in [1.82, 2.24) is 19.9 Å². The Morgan fingerprint density at radius 1 is 1.41 bits per heavy atom. The number of hydrogen-bond acceptors (Lipinski definition) is 4. The van der Waals surface area contributed by atoms with E-state index in [1.54, 1.807) is 4.57 Å². The van der Waals surface area contributed by atoms with E-state index in [4.69, 9.17) is 11.6 Å². The molecule has 29 heavy (non-hydrogen) atoms. The largest absolute Gasteiger partial charge is 0.353 e. The van der Waals surface area contributed by atoms with Gasteiger partial charge >= 0.3 is 0 Å². The molecule has 0 saturated carbocycles. The summed E-state index contributed by atoms with van der Waals surface area (Å²) in [6.07, 6.45) is 0.760. The molecule has 0 radical (unpaired) electrons. The average molecular weight is 437 g/mol. The predicted octanol–water partition coefficient (Wildman–Crippen LogP) is 4.21. The first-order chi connectivity index (χ1) is 13.8. The summed E-state index contributed by atoms with van der Waals surface area (Å²) in [6, 6.07) is 5.81. The molecule has 2 N–H and O–H groups in total. The highest BCUT2D eigenvalue weighted by molar-refractivity contribution is 7.99. The number of aryl methyl sites for hydroxylation is 1. The highest BCUT2D eigenvalue weighted by atomic mass is 35.5. The normalized spacial score (nSPS) is 12.3. The van der Waals surface area contributed by atoms with Gasteiger partial charge in [0.2, 0.25) is 5.91 Å². The van der Waals surface area contributed by atoms with Gasteiger partial charge in [-0.05, 0) is 44.0 Å². The molecule has 3 rings (SSSR count). The molecular weight excluding hydrogens is 415 g/mol. The Labute approximate surface area is 176 Å². The van der Waals surface area contributed by atoms with Gasteiger partial charge in [0.1, 0.15) is 11.3 Å². The van der Waals surface area contributed by atoms with Crippen molar-refractivity contribution < 1.29 is 9.18 Å². The van der Waals surface area contributed by atoms with Gasteiger partial charge in [0.15, 0.2) is 5.16 Å². The number of carbonyl (C=O) groups is 1. The Morgan fingerprint density at radius 2 is 2.17 bits per heavy atom. The van der Waals surface area contributed by atoms with E-state index in [0.717, 1.165) is 12.1 Å². The Bertz CT molecular complexity index is 1110. The number of amides is 1. The van der Waals surface area contributed by atoms with Gasteiger partial charge in [0.25, 0.3) is 5.56 Å². The molecule has 0 aliphatic heterocycles. The molecule has 0 spiro atoms. The summed E-state index contributed by atoms with van der Waals surface area (Å²) in [7, 11) is 0. The van der Waals surface area contributed by atoms with Gasteiger partial charge in [0, 0.05) is 23.3 Å². The maximum absolute atomic E-state index is 13.1. The third-order valence-electron chi connectivity index (χ3n) is 4.64. The molecule has 0 aliphatic rings. The third-order valence-corrected chi connectivity index (χ3v) is 5.95. The first kappa shape index (κ1) is 21.4. The van der Waals surface area contributed by atoms with E-state index in [2.05, 4.69) is 15.3 Å². The number of benzene rings is 1. The summed E-state index contributed by atoms with van der Waals surface area (Å²) >= 11 is 7.20. The number of carbonyl (C=O) groups excluding carboxylic acids is 1. The Hall–Kier alpha value is -2.32. The number of nitrogens with zero attached hydrogens (tertiary/aromatic N) is 2. The van der Waals surface area contributed by atoms with E-state index < -0.39 is 5.82 Å². The average Bonchev–Trinajstić information content (AvgIpc) is 3.05. The number of fused-ring (bicyclic) bond motifs is 1. The van der Waals surface area contributed by atoms with Crippen LogP contribution in [0.15, 0.2) is 34.2 Å². The molecule has 0 bridgehead atoms. The number of halogens is 2. The lowest BCUT2D eigenvalue weighted by molar-refractivity contribution is -0.118. The van der Waals surface area contributed by atoms with E-state index in [9.17, 15) is 14.0 Å². The maximum Gasteiger partial charge on any atom is 0.278 e. The molecule has 1 unspecified atom stereocenters. The molecule has 2 heterocycles. The summed E-state index contributed by atoms with van der Waals surface area (Å²) < 4.78 is 14.8. The molecule has 2 aromatic heterocycles. The third kappa shape index (κ3) is 4.82. The smallest absolute Gasteiger partial charge is 0.278 e. The minimum absolute atomic E-state index is 0.0495. The zero-order chi connectivity index (χ0) is 21.1. The van der Waals surface area contributed by atoms with Crippen molar-refractivity contribution in [2.75, 3.05) is 5.75 Å². The van der Waals surface area contributed by atoms with Crippen molar-refractivity contribution in [2.45, 2.75) is 44.9 Å². The van der Waals surface area contributed by atoms with E-state index in [1.165, 1.54) is 30.0 Å². The van der Waals surface area contributed by atoms with Crippen molar-refractivity contribution in [3.8, 4) is 0 Å². The SMILES string of the molecule is CCC(C)n1c(SCC(=O)NCc2ccc(F)cc2Cl)nc2cc(C)[nH]c2c1=O. The number of rotatable bonds is 7. The van der Waals surface area contributed by atoms with Crippen LogP contribution in [0.2, 0.25) is 5.02 Å². The first-order valence-electron chi connectivity index (χ1n) is 9.25. The fourth-order valence-electron chi connectivity index (χ4n) is 2.90. The van der Waals surface area contributed by atoms with Crippen LogP contribution in [-0.4, -0.2) is 26.2 Å². The summed E-state index contributed by atoms with van der Waals surface area (Å²) in [6.45, 7) is 6.01. The van der Waals surface area contributed by atoms with Crippen LogP contribution in [0.3, 0.4) is 0 Å². The number of aromatic amines is 1. The minimum Gasteiger partial charge on any atom is -0.353 e. The highest BCUT2D eigenvalue weighted by Crippen LogP contribution is 2.23. The van der Waals surface area contributed by atoms with Gasteiger partial charge in [-0.2, -0.15) is 0 Å². The van der Waals surface area contributed by atoms with Gasteiger partial charge in [-0.25, -0.2) is 9.37 Å². The lowest BCUT2D eigenvalue weighted by Crippen LogP contribution is -2.28. The summed E-state index contributed by atoms with van der Waals surface area (Å²) in [5, 5.41) is 3.53. The summed E-state index contributed by atoms with van der Waals surface area (Å²) in [5.41, 5.74) is 2.41. The monoisotopic (exact) mass is 436 g/mol. The summed E-state index contributed by atoms with van der Waals surface area (Å²) in [4.78, 5) is 32.9. The van der Waals surface area contributed by atoms with Crippen molar-refractivity contribution >= 4 is 40.3 Å². The van der Waals surface area contributed by atoms with Crippen LogP contribution in [0.5, 0.6) is 0 Å². The second-order valence-corrected chi connectivity index (χ2v) is 8.19. The maximum atomic E-state index is 13.1. The molecule has 6 nitrogen and oxygen atoms in total. The van der Waals surface area contributed by atoms with Crippen molar-refractivity contribution in [2.24, 2.45) is 0 Å². The molecule has 1 aromatic carbocycles. The molecule has 3 aromatic rings. The number of H-pyrrole nitrogens is 1. The zero-order valence-electron chi connectivity index (χ0n) is 16.4. The molecule has 0 fully saturated rings. The van der Waals surface area contributed by atoms with E-state index in [0.29, 0.717) is 21.8 Å². The summed E-state index contributed by atoms with van der Waals surface area (Å²) in [5.74, 6) is -0.563. The van der Waals surface area contributed by atoms with Crippen LogP contribution in [-0.2, 0) is 11.3 Å². The lowest BCUT2D eigenvalue weighted by Gasteiger charge is -2.17. The van der Waals surface area contributed by atoms with Gasteiger partial charge in [-0.1, -0.05) is 36.4 Å². The molecule has 1 atom stereocenters. The van der Waals surface area contributed by atoms with Crippen LogP contribution in [0.4, 0.5) is 4.39 Å². The van der Waals surface area contributed by atoms with Crippen LogP contribution >= 0.6 is 23.4 Å². The van der Waals surface area contributed by atoms with Crippen LogP contribution in [0.25, 0.3) is 11.0 Å². The molecule has 0 aliphatic carbocycles. The standard InChI is InChI=1S/C20H22ClFN4O2S/c1-4-12(3)26-19(28)18-16(7-11(2)24-18)25-20(26)29-10-17(27)23-9-13-5-6-14(22)8-15(13)21/h5-8,12,24H,4,9-10H2,1-3H3,(H,23,27). The molecule has 1 amide bonds. The number of hydrogen-bond donors (Lipinski definition) is 2. The number of nitrogens with one attached hydrogen (secondary N) is 2. The van der Waals surface area contributed by atoms with Gasteiger partial charge in [0.05, 0.1) is 11.3 Å². The van der Waals surface area contributed by atoms with Gasteiger partial charge in [-0.15, -0.1) is 0 Å². The first-order valence-corrected chi connectivity index (χ1v) is 10.6. The van der Waals surface area contributed by atoms with E-state index in [1.807, 2.05) is 26.8 Å².